The molecule has 3 heteroatoms. The highest BCUT2D eigenvalue weighted by atomic mass is 32.1. The molecule has 0 atom stereocenters. The van der Waals surface area contributed by atoms with Gasteiger partial charge >= 0.3 is 0 Å². The lowest BCUT2D eigenvalue weighted by atomic mass is 10.1. The molecule has 0 unspecified atom stereocenters. The number of nitrogens with zero attached hydrogens (tertiary/aromatic N) is 1. The predicted octanol–water partition coefficient (Wildman–Crippen LogP) is 4.83. The van der Waals surface area contributed by atoms with Gasteiger partial charge in [-0.2, -0.15) is 0 Å². The molecule has 2 nitrogen and oxygen atoms in total. The van der Waals surface area contributed by atoms with Gasteiger partial charge in [0, 0.05) is 18.0 Å². The molecule has 0 aliphatic carbocycles. The summed E-state index contributed by atoms with van der Waals surface area (Å²) in [6.07, 6.45) is 13.5. The van der Waals surface area contributed by atoms with Crippen LogP contribution in [0.2, 0.25) is 0 Å². The van der Waals surface area contributed by atoms with Crippen molar-refractivity contribution in [2.45, 2.75) is 77.7 Å². The van der Waals surface area contributed by atoms with Gasteiger partial charge in [0.05, 0.1) is 0 Å². The zero-order chi connectivity index (χ0) is 13.1. The number of hydrogen-bond donors (Lipinski definition) is 0. The number of unbranched alkanes of at least 4 members (excludes halogenated alkanes) is 9. The summed E-state index contributed by atoms with van der Waals surface area (Å²) in [6.45, 7) is 3.17. The molecule has 0 N–H and O–H groups in total. The van der Waals surface area contributed by atoms with Crippen molar-refractivity contribution in [2.24, 2.45) is 0 Å². The van der Waals surface area contributed by atoms with Crippen LogP contribution in [0.15, 0.2) is 16.2 Å². The zero-order valence-corrected chi connectivity index (χ0v) is 12.5. The highest BCUT2D eigenvalue weighted by Gasteiger charge is 1.96. The third-order valence-corrected chi connectivity index (χ3v) is 4.23. The van der Waals surface area contributed by atoms with E-state index in [2.05, 4.69) is 6.92 Å². The lowest BCUT2D eigenvalue weighted by Gasteiger charge is -2.02. The lowest BCUT2D eigenvalue weighted by molar-refractivity contribution is 0.540. The van der Waals surface area contributed by atoms with E-state index in [-0.39, 0.29) is 5.56 Å². The lowest BCUT2D eigenvalue weighted by Crippen LogP contribution is -2.11. The first-order valence-electron chi connectivity index (χ1n) is 7.49. The van der Waals surface area contributed by atoms with E-state index in [1.54, 1.807) is 6.07 Å². The summed E-state index contributed by atoms with van der Waals surface area (Å²) in [6, 6.07) is 1.65. The van der Waals surface area contributed by atoms with Crippen LogP contribution in [0.5, 0.6) is 0 Å². The average molecular weight is 269 g/mol. The second-order valence-corrected chi connectivity index (χ2v) is 5.95. The molecular formula is C15H27NOS. The maximum absolute atomic E-state index is 11.3. The topological polar surface area (TPSA) is 22.0 Å². The Labute approximate surface area is 115 Å². The molecule has 0 bridgehead atoms. The van der Waals surface area contributed by atoms with Crippen LogP contribution in [0.1, 0.15) is 71.1 Å². The molecule has 0 fully saturated rings. The molecule has 104 valence electrons. The summed E-state index contributed by atoms with van der Waals surface area (Å²) in [7, 11) is 0. The number of hydrogen-bond acceptors (Lipinski definition) is 2. The normalized spacial score (nSPS) is 10.9. The fourth-order valence-electron chi connectivity index (χ4n) is 2.20. The molecule has 1 heterocycles. The predicted molar refractivity (Wildman–Crippen MR) is 80.4 cm³/mol. The Morgan fingerprint density at radius 2 is 1.50 bits per heavy atom. The van der Waals surface area contributed by atoms with Crippen LogP contribution in [0.25, 0.3) is 0 Å². The van der Waals surface area contributed by atoms with Crippen molar-refractivity contribution in [3.63, 3.8) is 0 Å². The van der Waals surface area contributed by atoms with E-state index in [1.165, 1.54) is 69.3 Å². The first-order valence-corrected chi connectivity index (χ1v) is 8.33. The second kappa shape index (κ2) is 10.4. The van der Waals surface area contributed by atoms with Gasteiger partial charge in [-0.3, -0.25) is 8.75 Å². The summed E-state index contributed by atoms with van der Waals surface area (Å²) in [5, 5.41) is 1.87. The van der Waals surface area contributed by atoms with Crippen molar-refractivity contribution in [1.82, 2.24) is 3.96 Å². The summed E-state index contributed by atoms with van der Waals surface area (Å²) in [5.74, 6) is 0. The fraction of sp³-hybridized carbons (Fsp3) is 0.800. The minimum absolute atomic E-state index is 0.163. The Kier molecular flexibility index (Phi) is 8.92. The molecule has 0 radical (unpaired) electrons. The van der Waals surface area contributed by atoms with Crippen molar-refractivity contribution in [3.05, 3.63) is 21.8 Å². The van der Waals surface area contributed by atoms with E-state index in [4.69, 9.17) is 0 Å². The fourth-order valence-corrected chi connectivity index (χ4v) is 2.93. The van der Waals surface area contributed by atoms with Crippen LogP contribution in [-0.2, 0) is 6.54 Å². The molecule has 0 amide bonds. The number of rotatable bonds is 11. The minimum atomic E-state index is 0.163. The summed E-state index contributed by atoms with van der Waals surface area (Å²) in [5.41, 5.74) is 0.163. The SMILES string of the molecule is CCCCCCCCCCCCn1sccc1=O. The van der Waals surface area contributed by atoms with Gasteiger partial charge in [0.2, 0.25) is 0 Å². The van der Waals surface area contributed by atoms with E-state index in [0.29, 0.717) is 0 Å². The summed E-state index contributed by atoms with van der Waals surface area (Å²) >= 11 is 1.53. The van der Waals surface area contributed by atoms with E-state index in [1.807, 2.05) is 9.34 Å². The van der Waals surface area contributed by atoms with Crippen LogP contribution in [0.4, 0.5) is 0 Å². The van der Waals surface area contributed by atoms with Crippen molar-refractivity contribution in [3.8, 4) is 0 Å². The van der Waals surface area contributed by atoms with Crippen molar-refractivity contribution < 1.29 is 0 Å². The van der Waals surface area contributed by atoms with Gasteiger partial charge in [-0.1, -0.05) is 76.2 Å². The van der Waals surface area contributed by atoms with Gasteiger partial charge in [-0.25, -0.2) is 0 Å². The van der Waals surface area contributed by atoms with E-state index in [9.17, 15) is 4.79 Å². The van der Waals surface area contributed by atoms with Gasteiger partial charge in [0.1, 0.15) is 0 Å². The first kappa shape index (κ1) is 15.5. The van der Waals surface area contributed by atoms with Crippen LogP contribution >= 0.6 is 11.5 Å². The number of aryl methyl sites for hydroxylation is 1. The molecule has 0 saturated carbocycles. The van der Waals surface area contributed by atoms with Crippen LogP contribution in [0, 0.1) is 0 Å². The first-order chi connectivity index (χ1) is 8.84. The molecule has 0 aliphatic rings. The van der Waals surface area contributed by atoms with Gasteiger partial charge in [0.15, 0.2) is 0 Å². The van der Waals surface area contributed by atoms with Crippen LogP contribution in [-0.4, -0.2) is 3.96 Å². The highest BCUT2D eigenvalue weighted by Crippen LogP contribution is 2.10. The molecule has 0 aliphatic heterocycles. The molecular weight excluding hydrogens is 242 g/mol. The molecule has 0 aromatic carbocycles. The average Bonchev–Trinajstić information content (AvgIpc) is 2.77. The maximum Gasteiger partial charge on any atom is 0.260 e. The molecule has 0 saturated heterocycles. The van der Waals surface area contributed by atoms with E-state index in [0.717, 1.165) is 13.0 Å². The van der Waals surface area contributed by atoms with Crippen molar-refractivity contribution >= 4 is 11.5 Å². The third kappa shape index (κ3) is 7.00. The summed E-state index contributed by atoms with van der Waals surface area (Å²) in [4.78, 5) is 11.3. The maximum atomic E-state index is 11.3. The molecule has 1 aromatic heterocycles. The Morgan fingerprint density at radius 3 is 2.00 bits per heavy atom. The minimum Gasteiger partial charge on any atom is -0.268 e. The Morgan fingerprint density at radius 1 is 0.944 bits per heavy atom. The molecule has 1 rings (SSSR count). The van der Waals surface area contributed by atoms with Gasteiger partial charge < -0.3 is 0 Å². The third-order valence-electron chi connectivity index (χ3n) is 3.36. The largest absolute Gasteiger partial charge is 0.268 e. The molecule has 1 aromatic rings. The second-order valence-electron chi connectivity index (χ2n) is 5.03. The summed E-state index contributed by atoms with van der Waals surface area (Å²) < 4.78 is 1.85. The standard InChI is InChI=1S/C15H27NOS/c1-2-3-4-5-6-7-8-9-10-11-13-16-15(17)12-14-18-16/h12,14H,2-11,13H2,1H3. The Bertz CT molecular complexity index is 342. The smallest absolute Gasteiger partial charge is 0.260 e. The highest BCUT2D eigenvalue weighted by molar-refractivity contribution is 7.04. The van der Waals surface area contributed by atoms with Gasteiger partial charge in [0.25, 0.3) is 5.56 Å². The molecule has 0 spiro atoms. The van der Waals surface area contributed by atoms with Crippen LogP contribution in [0.3, 0.4) is 0 Å². The van der Waals surface area contributed by atoms with Crippen LogP contribution < -0.4 is 5.56 Å². The van der Waals surface area contributed by atoms with E-state index >= 15 is 0 Å². The van der Waals surface area contributed by atoms with Crippen molar-refractivity contribution in [1.29, 1.82) is 0 Å². The number of aromatic nitrogens is 1. The van der Waals surface area contributed by atoms with Crippen molar-refractivity contribution in [2.75, 3.05) is 0 Å². The van der Waals surface area contributed by atoms with E-state index < -0.39 is 0 Å². The van der Waals surface area contributed by atoms with Gasteiger partial charge in [-0.15, -0.1) is 0 Å². The van der Waals surface area contributed by atoms with Gasteiger partial charge in [-0.05, 0) is 6.42 Å². The zero-order valence-electron chi connectivity index (χ0n) is 11.7. The molecule has 18 heavy (non-hydrogen) atoms. The quantitative estimate of drug-likeness (QED) is 0.527. The Balaban J connectivity index is 1.84. The Hall–Kier alpha value is -0.570. The monoisotopic (exact) mass is 269 g/mol.